The molecule has 0 aromatic heterocycles. The fourth-order valence-corrected chi connectivity index (χ4v) is 2.84. The molecule has 0 aliphatic rings. The van der Waals surface area contributed by atoms with Gasteiger partial charge in [-0.3, -0.25) is 0 Å². The molecule has 1 unspecified atom stereocenters. The first-order valence-corrected chi connectivity index (χ1v) is 8.96. The zero-order chi connectivity index (χ0) is 18.9. The molecule has 0 radical (unpaired) electrons. The molecule has 150 valence electrons. The lowest BCUT2D eigenvalue weighted by Gasteiger charge is -2.14. The minimum atomic E-state index is -0.646. The van der Waals surface area contributed by atoms with Crippen molar-refractivity contribution in [3.8, 4) is 17.2 Å². The van der Waals surface area contributed by atoms with E-state index in [0.29, 0.717) is 40.4 Å². The van der Waals surface area contributed by atoms with Crippen LogP contribution in [0, 0.1) is 0 Å². The Bertz CT molecular complexity index is 715. The first-order chi connectivity index (χ1) is 12.5. The van der Waals surface area contributed by atoms with Gasteiger partial charge in [-0.15, -0.1) is 12.4 Å². The van der Waals surface area contributed by atoms with Gasteiger partial charge >= 0.3 is 0 Å². The third-order valence-electron chi connectivity index (χ3n) is 3.74. The average Bonchev–Trinajstić information content (AvgIpc) is 2.64. The normalized spacial score (nSPS) is 11.4. The van der Waals surface area contributed by atoms with Gasteiger partial charge in [-0.05, 0) is 48.9 Å². The molecule has 2 N–H and O–H groups in total. The second-order valence-corrected chi connectivity index (χ2v) is 6.53. The Morgan fingerprint density at radius 3 is 2.37 bits per heavy atom. The minimum absolute atomic E-state index is 0. The van der Waals surface area contributed by atoms with Crippen molar-refractivity contribution in [2.75, 3.05) is 33.9 Å². The second-order valence-electron chi connectivity index (χ2n) is 5.68. The highest BCUT2D eigenvalue weighted by Crippen LogP contribution is 2.28. The molecule has 2 aromatic rings. The smallest absolute Gasteiger partial charge is 0.160 e. The lowest BCUT2D eigenvalue weighted by atomic mass is 10.1. The average molecular weight is 437 g/mol. The molecule has 0 amide bonds. The fourth-order valence-electron chi connectivity index (χ4n) is 2.37. The number of hydrogen-bond acceptors (Lipinski definition) is 5. The maximum Gasteiger partial charge on any atom is 0.160 e. The van der Waals surface area contributed by atoms with Gasteiger partial charge in [0.05, 0.1) is 19.2 Å². The molecule has 0 aliphatic carbocycles. The van der Waals surface area contributed by atoms with Gasteiger partial charge in [-0.25, -0.2) is 0 Å². The predicted molar refractivity (Wildman–Crippen MR) is 111 cm³/mol. The van der Waals surface area contributed by atoms with Crippen LogP contribution in [0.4, 0.5) is 0 Å². The SMILES string of the molecule is COc1ccc(CCNCC(O)COc2ccc(Cl)cc2Cl)cc1OC.Cl. The molecule has 0 saturated heterocycles. The van der Waals surface area contributed by atoms with E-state index in [0.717, 1.165) is 12.0 Å². The lowest BCUT2D eigenvalue weighted by molar-refractivity contribution is 0.107. The molecule has 27 heavy (non-hydrogen) atoms. The van der Waals surface area contributed by atoms with Crippen LogP contribution in [0.3, 0.4) is 0 Å². The van der Waals surface area contributed by atoms with Gasteiger partial charge in [0.2, 0.25) is 0 Å². The molecule has 0 fully saturated rings. The third kappa shape index (κ3) is 7.64. The standard InChI is InChI=1S/C19H23Cl2NO4.ClH/c1-24-18-5-3-13(9-19(18)25-2)7-8-22-11-15(23)12-26-17-6-4-14(20)10-16(17)21;/h3-6,9-10,15,22-23H,7-8,11-12H2,1-2H3;1H. The molecule has 0 bridgehead atoms. The summed E-state index contributed by atoms with van der Waals surface area (Å²) in [4.78, 5) is 0. The number of methoxy groups -OCH3 is 2. The van der Waals surface area contributed by atoms with Gasteiger partial charge in [0.1, 0.15) is 18.5 Å². The Morgan fingerprint density at radius 2 is 1.70 bits per heavy atom. The molecular formula is C19H24Cl3NO4. The van der Waals surface area contributed by atoms with Gasteiger partial charge in [-0.1, -0.05) is 29.3 Å². The van der Waals surface area contributed by atoms with Crippen LogP contribution in [-0.2, 0) is 6.42 Å². The summed E-state index contributed by atoms with van der Waals surface area (Å²) in [5.41, 5.74) is 1.12. The Morgan fingerprint density at radius 1 is 1.00 bits per heavy atom. The van der Waals surface area contributed by atoms with Crippen molar-refractivity contribution in [1.82, 2.24) is 5.32 Å². The highest BCUT2D eigenvalue weighted by molar-refractivity contribution is 6.35. The largest absolute Gasteiger partial charge is 0.493 e. The molecule has 0 saturated carbocycles. The molecule has 5 nitrogen and oxygen atoms in total. The van der Waals surface area contributed by atoms with E-state index in [1.54, 1.807) is 32.4 Å². The molecule has 0 aliphatic heterocycles. The van der Waals surface area contributed by atoms with E-state index >= 15 is 0 Å². The highest BCUT2D eigenvalue weighted by atomic mass is 35.5. The maximum atomic E-state index is 10.0. The number of benzene rings is 2. The van der Waals surface area contributed by atoms with E-state index in [1.807, 2.05) is 18.2 Å². The summed E-state index contributed by atoms with van der Waals surface area (Å²) in [7, 11) is 3.23. The number of halogens is 3. The van der Waals surface area contributed by atoms with Crippen LogP contribution < -0.4 is 19.5 Å². The molecule has 0 heterocycles. The van der Waals surface area contributed by atoms with Gasteiger partial charge in [0.25, 0.3) is 0 Å². The number of aliphatic hydroxyl groups is 1. The maximum absolute atomic E-state index is 10.0. The first kappa shape index (κ1) is 23.7. The Kier molecular flexibility index (Phi) is 10.7. The van der Waals surface area contributed by atoms with Crippen LogP contribution in [0.25, 0.3) is 0 Å². The number of nitrogens with one attached hydrogen (secondary N) is 1. The Labute approximate surface area is 175 Å². The molecule has 1 atom stereocenters. The first-order valence-electron chi connectivity index (χ1n) is 8.21. The zero-order valence-electron chi connectivity index (χ0n) is 15.2. The van der Waals surface area contributed by atoms with E-state index < -0.39 is 6.10 Å². The Hall–Kier alpha value is -1.37. The minimum Gasteiger partial charge on any atom is -0.493 e. The molecular weight excluding hydrogens is 413 g/mol. The fraction of sp³-hybridized carbons (Fsp3) is 0.368. The molecule has 0 spiro atoms. The Balaban J connectivity index is 0.00000364. The lowest BCUT2D eigenvalue weighted by Crippen LogP contribution is -2.32. The topological polar surface area (TPSA) is 60.0 Å². The summed E-state index contributed by atoms with van der Waals surface area (Å²) >= 11 is 11.9. The molecule has 2 aromatic carbocycles. The summed E-state index contributed by atoms with van der Waals surface area (Å²) in [5, 5.41) is 14.2. The summed E-state index contributed by atoms with van der Waals surface area (Å²) in [6, 6.07) is 10.8. The third-order valence-corrected chi connectivity index (χ3v) is 4.27. The van der Waals surface area contributed by atoms with Crippen LogP contribution in [0.1, 0.15) is 5.56 Å². The van der Waals surface area contributed by atoms with E-state index in [-0.39, 0.29) is 19.0 Å². The van der Waals surface area contributed by atoms with Crippen molar-refractivity contribution < 1.29 is 19.3 Å². The van der Waals surface area contributed by atoms with Crippen molar-refractivity contribution >= 4 is 35.6 Å². The van der Waals surface area contributed by atoms with Crippen LogP contribution in [0.5, 0.6) is 17.2 Å². The zero-order valence-corrected chi connectivity index (χ0v) is 17.5. The van der Waals surface area contributed by atoms with Gasteiger partial charge in [-0.2, -0.15) is 0 Å². The van der Waals surface area contributed by atoms with Crippen molar-refractivity contribution in [3.05, 3.63) is 52.0 Å². The second kappa shape index (κ2) is 12.2. The van der Waals surface area contributed by atoms with E-state index in [1.165, 1.54) is 0 Å². The van der Waals surface area contributed by atoms with E-state index in [4.69, 9.17) is 37.4 Å². The van der Waals surface area contributed by atoms with Crippen molar-refractivity contribution in [2.24, 2.45) is 0 Å². The summed E-state index contributed by atoms with van der Waals surface area (Å²) in [6.45, 7) is 1.28. The van der Waals surface area contributed by atoms with Crippen molar-refractivity contribution in [2.45, 2.75) is 12.5 Å². The van der Waals surface area contributed by atoms with Gasteiger partial charge < -0.3 is 24.6 Å². The van der Waals surface area contributed by atoms with E-state index in [9.17, 15) is 5.11 Å². The number of hydrogen-bond donors (Lipinski definition) is 2. The summed E-state index contributed by atoms with van der Waals surface area (Å²) in [5.74, 6) is 1.91. The monoisotopic (exact) mass is 435 g/mol. The number of ether oxygens (including phenoxy) is 3. The van der Waals surface area contributed by atoms with Crippen LogP contribution in [0.15, 0.2) is 36.4 Å². The molecule has 8 heteroatoms. The summed E-state index contributed by atoms with van der Waals surface area (Å²) < 4.78 is 16.0. The number of rotatable bonds is 10. The molecule has 2 rings (SSSR count). The highest BCUT2D eigenvalue weighted by Gasteiger charge is 2.08. The number of aliphatic hydroxyl groups excluding tert-OH is 1. The van der Waals surface area contributed by atoms with E-state index in [2.05, 4.69) is 5.32 Å². The van der Waals surface area contributed by atoms with Gasteiger partial charge in [0.15, 0.2) is 11.5 Å². The van der Waals surface area contributed by atoms with Crippen LogP contribution in [-0.4, -0.2) is 45.1 Å². The van der Waals surface area contributed by atoms with Crippen LogP contribution >= 0.6 is 35.6 Å². The quantitative estimate of drug-likeness (QED) is 0.551. The summed E-state index contributed by atoms with van der Waals surface area (Å²) in [6.07, 6.45) is 0.156. The predicted octanol–water partition coefficient (Wildman–Crippen LogP) is 4.00. The van der Waals surface area contributed by atoms with Crippen LogP contribution in [0.2, 0.25) is 10.0 Å². The van der Waals surface area contributed by atoms with Crippen molar-refractivity contribution in [3.63, 3.8) is 0 Å². The van der Waals surface area contributed by atoms with Crippen molar-refractivity contribution in [1.29, 1.82) is 0 Å². The van der Waals surface area contributed by atoms with Gasteiger partial charge in [0, 0.05) is 11.6 Å².